The predicted octanol–water partition coefficient (Wildman–Crippen LogP) is 3.52. The zero-order chi connectivity index (χ0) is 17.3. The molecule has 0 bridgehead atoms. The van der Waals surface area contributed by atoms with E-state index in [1.165, 1.54) is 24.3 Å². The molecule has 1 N–H and O–H groups in total. The van der Waals surface area contributed by atoms with Gasteiger partial charge in [-0.05, 0) is 30.3 Å². The van der Waals surface area contributed by atoms with E-state index >= 15 is 0 Å². The van der Waals surface area contributed by atoms with Crippen molar-refractivity contribution in [1.82, 2.24) is 15.1 Å². The van der Waals surface area contributed by atoms with Crippen molar-refractivity contribution in [3.63, 3.8) is 0 Å². The maximum absolute atomic E-state index is 13.0. The van der Waals surface area contributed by atoms with Crippen molar-refractivity contribution in [2.45, 2.75) is 6.18 Å². The molecule has 2 aromatic heterocycles. The number of rotatable bonds is 3. The average Bonchev–Trinajstić information content (AvgIpc) is 3.04. The van der Waals surface area contributed by atoms with Gasteiger partial charge in [0.25, 0.3) is 5.89 Å². The number of hydrogen-bond acceptors (Lipinski definition) is 5. The van der Waals surface area contributed by atoms with Crippen LogP contribution in [0.2, 0.25) is 0 Å². The van der Waals surface area contributed by atoms with Gasteiger partial charge in [-0.3, -0.25) is 4.98 Å². The van der Waals surface area contributed by atoms with Crippen molar-refractivity contribution in [2.75, 3.05) is 0 Å². The number of aromatic carboxylic acids is 1. The van der Waals surface area contributed by atoms with Gasteiger partial charge in [0.15, 0.2) is 0 Å². The van der Waals surface area contributed by atoms with Gasteiger partial charge in [-0.15, -0.1) is 0 Å². The lowest BCUT2D eigenvalue weighted by Gasteiger charge is -2.08. The van der Waals surface area contributed by atoms with Crippen LogP contribution in [0, 0.1) is 0 Å². The van der Waals surface area contributed by atoms with Gasteiger partial charge in [-0.25, -0.2) is 4.79 Å². The van der Waals surface area contributed by atoms with Gasteiger partial charge in [0.2, 0.25) is 5.82 Å². The first-order chi connectivity index (χ1) is 11.4. The molecule has 3 aromatic rings. The van der Waals surface area contributed by atoms with E-state index in [2.05, 4.69) is 15.1 Å². The highest BCUT2D eigenvalue weighted by molar-refractivity contribution is 5.88. The molecule has 0 atom stereocenters. The van der Waals surface area contributed by atoms with Gasteiger partial charge in [-0.1, -0.05) is 5.16 Å². The molecule has 0 amide bonds. The number of hydrogen-bond donors (Lipinski definition) is 1. The minimum Gasteiger partial charge on any atom is -0.478 e. The van der Waals surface area contributed by atoms with Gasteiger partial charge in [-0.2, -0.15) is 18.2 Å². The highest BCUT2D eigenvalue weighted by Crippen LogP contribution is 2.35. The Morgan fingerprint density at radius 1 is 1.12 bits per heavy atom. The Morgan fingerprint density at radius 2 is 1.83 bits per heavy atom. The van der Waals surface area contributed by atoms with E-state index in [0.29, 0.717) is 5.56 Å². The molecule has 3 rings (SSSR count). The number of pyridine rings is 1. The first-order valence-corrected chi connectivity index (χ1v) is 6.55. The summed E-state index contributed by atoms with van der Waals surface area (Å²) in [5.41, 5.74) is -0.783. The summed E-state index contributed by atoms with van der Waals surface area (Å²) >= 11 is 0. The van der Waals surface area contributed by atoms with Crippen LogP contribution in [0.15, 0.2) is 47.2 Å². The fraction of sp³-hybridized carbons (Fsp3) is 0.0667. The molecule has 0 spiro atoms. The normalized spacial score (nSPS) is 11.5. The Bertz CT molecular complexity index is 889. The van der Waals surface area contributed by atoms with Crippen molar-refractivity contribution in [1.29, 1.82) is 0 Å². The Kier molecular flexibility index (Phi) is 3.76. The fourth-order valence-corrected chi connectivity index (χ4v) is 2.03. The topological polar surface area (TPSA) is 89.1 Å². The maximum atomic E-state index is 13.0. The molecule has 6 nitrogen and oxygen atoms in total. The second kappa shape index (κ2) is 5.76. The third-order valence-corrected chi connectivity index (χ3v) is 3.17. The number of carbonyl (C=O) groups is 1. The van der Waals surface area contributed by atoms with Crippen LogP contribution in [0.25, 0.3) is 22.8 Å². The molecule has 1 aromatic carbocycles. The lowest BCUT2D eigenvalue weighted by Crippen LogP contribution is -2.07. The summed E-state index contributed by atoms with van der Waals surface area (Å²) in [7, 11) is 0. The van der Waals surface area contributed by atoms with Crippen LogP contribution >= 0.6 is 0 Å². The van der Waals surface area contributed by atoms with Crippen LogP contribution in [0.4, 0.5) is 13.2 Å². The number of carboxylic acid groups (broad SMARTS) is 1. The Hall–Kier alpha value is -3.23. The van der Waals surface area contributed by atoms with Crippen molar-refractivity contribution in [2.24, 2.45) is 0 Å². The van der Waals surface area contributed by atoms with E-state index in [0.717, 1.165) is 18.5 Å². The fourth-order valence-electron chi connectivity index (χ4n) is 2.03. The van der Waals surface area contributed by atoms with Gasteiger partial charge >= 0.3 is 12.1 Å². The minimum atomic E-state index is -4.58. The first kappa shape index (κ1) is 15.7. The zero-order valence-corrected chi connectivity index (χ0v) is 11.8. The molecule has 0 unspecified atom stereocenters. The molecule has 0 saturated heterocycles. The number of carboxylic acids is 1. The summed E-state index contributed by atoms with van der Waals surface area (Å²) in [6.07, 6.45) is -2.55. The van der Waals surface area contributed by atoms with E-state index in [1.807, 2.05) is 0 Å². The molecular formula is C15H8F3N3O3. The summed E-state index contributed by atoms with van der Waals surface area (Å²) in [4.78, 5) is 18.4. The molecular weight excluding hydrogens is 327 g/mol. The molecule has 0 aliphatic heterocycles. The quantitative estimate of drug-likeness (QED) is 0.788. The molecule has 0 aliphatic carbocycles. The molecule has 2 heterocycles. The zero-order valence-electron chi connectivity index (χ0n) is 11.8. The van der Waals surface area contributed by atoms with Crippen molar-refractivity contribution in [3.05, 3.63) is 53.9 Å². The molecule has 24 heavy (non-hydrogen) atoms. The summed E-state index contributed by atoms with van der Waals surface area (Å²) < 4.78 is 44.0. The second-order valence-electron chi connectivity index (χ2n) is 4.72. The number of alkyl halides is 3. The second-order valence-corrected chi connectivity index (χ2v) is 4.72. The lowest BCUT2D eigenvalue weighted by atomic mass is 10.1. The largest absolute Gasteiger partial charge is 0.478 e. The molecule has 9 heteroatoms. The van der Waals surface area contributed by atoms with Gasteiger partial charge in [0.1, 0.15) is 0 Å². The van der Waals surface area contributed by atoms with E-state index in [9.17, 15) is 18.0 Å². The smallest absolute Gasteiger partial charge is 0.417 e. The van der Waals surface area contributed by atoms with E-state index in [1.54, 1.807) is 0 Å². The first-order valence-electron chi connectivity index (χ1n) is 6.55. The molecule has 0 aliphatic rings. The van der Waals surface area contributed by atoms with Crippen LogP contribution in [0.1, 0.15) is 15.9 Å². The monoisotopic (exact) mass is 335 g/mol. The minimum absolute atomic E-state index is 0.0288. The van der Waals surface area contributed by atoms with Crippen LogP contribution in [0.5, 0.6) is 0 Å². The van der Waals surface area contributed by atoms with Gasteiger partial charge in [0, 0.05) is 18.0 Å². The van der Waals surface area contributed by atoms with Crippen LogP contribution < -0.4 is 0 Å². The third kappa shape index (κ3) is 2.96. The van der Waals surface area contributed by atoms with Crippen molar-refractivity contribution in [3.8, 4) is 22.8 Å². The lowest BCUT2D eigenvalue weighted by molar-refractivity contribution is -0.137. The Morgan fingerprint density at radius 3 is 2.46 bits per heavy atom. The number of halogens is 3. The highest BCUT2D eigenvalue weighted by atomic mass is 19.4. The summed E-state index contributed by atoms with van der Waals surface area (Å²) in [6.45, 7) is 0. The molecule has 0 saturated carbocycles. The molecule has 122 valence electrons. The Balaban J connectivity index is 1.99. The number of benzene rings is 1. The highest BCUT2D eigenvalue weighted by Gasteiger charge is 2.35. The van der Waals surface area contributed by atoms with Crippen molar-refractivity contribution >= 4 is 5.97 Å². The van der Waals surface area contributed by atoms with Gasteiger partial charge < -0.3 is 9.63 Å². The van der Waals surface area contributed by atoms with Crippen molar-refractivity contribution < 1.29 is 27.6 Å². The summed E-state index contributed by atoms with van der Waals surface area (Å²) in [5, 5.41) is 12.4. The van der Waals surface area contributed by atoms with E-state index < -0.39 is 17.7 Å². The number of nitrogens with zero attached hydrogens (tertiary/aromatic N) is 3. The van der Waals surface area contributed by atoms with Crippen LogP contribution in [-0.4, -0.2) is 26.2 Å². The maximum Gasteiger partial charge on any atom is 0.417 e. The number of aromatic nitrogens is 3. The summed E-state index contributed by atoms with van der Waals surface area (Å²) in [5.74, 6) is -1.38. The SMILES string of the molecule is O=C(O)c1ccc(-c2nc(-c3cnccc3C(F)(F)F)no2)cc1. The summed E-state index contributed by atoms with van der Waals surface area (Å²) in [6, 6.07) is 6.33. The molecule has 0 fully saturated rings. The average molecular weight is 335 g/mol. The molecule has 0 radical (unpaired) electrons. The standard InChI is InChI=1S/C15H8F3N3O3/c16-15(17,18)11-5-6-19-7-10(11)12-20-13(24-21-12)8-1-3-9(4-2-8)14(22)23/h1-7H,(H,22,23). The predicted molar refractivity (Wildman–Crippen MR) is 74.9 cm³/mol. The van der Waals surface area contributed by atoms with Crippen LogP contribution in [0.3, 0.4) is 0 Å². The third-order valence-electron chi connectivity index (χ3n) is 3.17. The Labute approximate surface area is 132 Å². The van der Waals surface area contributed by atoms with E-state index in [4.69, 9.17) is 9.63 Å². The van der Waals surface area contributed by atoms with Crippen LogP contribution in [-0.2, 0) is 6.18 Å². The van der Waals surface area contributed by atoms with Gasteiger partial charge in [0.05, 0.1) is 16.7 Å². The van der Waals surface area contributed by atoms with E-state index in [-0.39, 0.29) is 22.8 Å².